The van der Waals surface area contributed by atoms with Crippen LogP contribution >= 0.6 is 0 Å². The van der Waals surface area contributed by atoms with Gasteiger partial charge in [0.25, 0.3) is 0 Å². The fourth-order valence-electron chi connectivity index (χ4n) is 2.31. The highest BCUT2D eigenvalue weighted by Gasteiger charge is 2.29. The van der Waals surface area contributed by atoms with Crippen LogP contribution < -0.4 is 10.1 Å². The maximum absolute atomic E-state index is 13.7. The van der Waals surface area contributed by atoms with E-state index in [1.165, 1.54) is 20.1 Å². The van der Waals surface area contributed by atoms with E-state index in [4.69, 9.17) is 4.74 Å². The molecule has 130 valence electrons. The number of hydrogen-bond donors (Lipinski definition) is 1. The zero-order valence-electron chi connectivity index (χ0n) is 13.7. The Labute approximate surface area is 141 Å². The lowest BCUT2D eigenvalue weighted by atomic mass is 10.3. The molecular weight excluding hydrogens is 332 g/mol. The van der Waals surface area contributed by atoms with Gasteiger partial charge in [0.1, 0.15) is 11.6 Å². The maximum Gasteiger partial charge on any atom is 0.304 e. The molecule has 25 heavy (non-hydrogen) atoms. The lowest BCUT2D eigenvalue weighted by molar-refractivity contribution is -0.114. The second-order valence-electron chi connectivity index (χ2n) is 5.48. The smallest absolute Gasteiger partial charge is 0.304 e. The van der Waals surface area contributed by atoms with Gasteiger partial charge in [-0.05, 0) is 6.07 Å². The molecule has 0 aliphatic carbocycles. The van der Waals surface area contributed by atoms with Crippen molar-refractivity contribution >= 4 is 22.6 Å². The minimum atomic E-state index is -3.21. The van der Waals surface area contributed by atoms with E-state index < -0.39 is 11.7 Å². The highest BCUT2D eigenvalue weighted by Crippen LogP contribution is 2.28. The van der Waals surface area contributed by atoms with Gasteiger partial charge in [-0.15, -0.1) is 0 Å². The fourth-order valence-corrected chi connectivity index (χ4v) is 2.31. The van der Waals surface area contributed by atoms with Gasteiger partial charge in [-0.3, -0.25) is 4.79 Å². The summed E-state index contributed by atoms with van der Waals surface area (Å²) in [6.07, 6.45) is 3.24. The van der Waals surface area contributed by atoms with Crippen molar-refractivity contribution in [3.05, 3.63) is 36.4 Å². The van der Waals surface area contributed by atoms with Crippen LogP contribution in [0.3, 0.4) is 0 Å². The van der Waals surface area contributed by atoms with Gasteiger partial charge in [-0.2, -0.15) is 13.8 Å². The van der Waals surface area contributed by atoms with Crippen molar-refractivity contribution in [1.29, 1.82) is 0 Å². The first-order chi connectivity index (χ1) is 11.8. The molecule has 3 aromatic rings. The van der Waals surface area contributed by atoms with Crippen LogP contribution in [0.15, 0.2) is 30.6 Å². The maximum atomic E-state index is 13.7. The summed E-state index contributed by atoms with van der Waals surface area (Å²) in [7, 11) is 1.34. The first-order valence-corrected chi connectivity index (χ1v) is 7.34. The molecule has 7 nitrogen and oxygen atoms in total. The van der Waals surface area contributed by atoms with E-state index >= 15 is 0 Å². The van der Waals surface area contributed by atoms with Crippen molar-refractivity contribution in [2.45, 2.75) is 19.8 Å². The Balaban J connectivity index is 2.17. The molecule has 0 saturated heterocycles. The first-order valence-electron chi connectivity index (χ1n) is 7.34. The third kappa shape index (κ3) is 3.39. The van der Waals surface area contributed by atoms with Gasteiger partial charge in [0.05, 0.1) is 12.6 Å². The van der Waals surface area contributed by atoms with E-state index in [0.29, 0.717) is 11.3 Å². The van der Waals surface area contributed by atoms with E-state index in [1.54, 1.807) is 29.1 Å². The van der Waals surface area contributed by atoms with E-state index in [2.05, 4.69) is 20.3 Å². The van der Waals surface area contributed by atoms with Crippen LogP contribution in [-0.2, 0) is 10.7 Å². The Bertz CT molecular complexity index is 949. The number of carbonyl (C=O) groups excluding carboxylic acids is 1. The van der Waals surface area contributed by atoms with Gasteiger partial charge in [-0.25, -0.2) is 9.97 Å². The average molecular weight is 347 g/mol. The number of rotatable bonds is 4. The molecule has 0 aromatic carbocycles. The molecule has 0 bridgehead atoms. The third-order valence-corrected chi connectivity index (χ3v) is 3.42. The predicted octanol–water partition coefficient (Wildman–Crippen LogP) is 2.89. The minimum Gasteiger partial charge on any atom is -0.481 e. The van der Waals surface area contributed by atoms with E-state index in [0.717, 1.165) is 12.3 Å². The SMILES string of the molecule is COc1cc(-n2ccc3cnc(NC(C)=O)cc32)nc(C(C)(F)F)n1. The van der Waals surface area contributed by atoms with Crippen LogP contribution in [0.5, 0.6) is 5.88 Å². The van der Waals surface area contributed by atoms with Crippen LogP contribution in [0, 0.1) is 0 Å². The lowest BCUT2D eigenvalue weighted by Gasteiger charge is -2.13. The number of nitrogens with zero attached hydrogens (tertiary/aromatic N) is 4. The molecule has 3 heterocycles. The summed E-state index contributed by atoms with van der Waals surface area (Å²) in [5, 5.41) is 3.34. The monoisotopic (exact) mass is 347 g/mol. The quantitative estimate of drug-likeness (QED) is 0.785. The van der Waals surface area contributed by atoms with Crippen LogP contribution in [0.4, 0.5) is 14.6 Å². The second-order valence-corrected chi connectivity index (χ2v) is 5.48. The minimum absolute atomic E-state index is 0.0273. The lowest BCUT2D eigenvalue weighted by Crippen LogP contribution is -2.15. The number of nitrogens with one attached hydrogen (secondary N) is 1. The highest BCUT2D eigenvalue weighted by molar-refractivity contribution is 5.91. The zero-order chi connectivity index (χ0) is 18.2. The molecule has 0 fully saturated rings. The molecule has 9 heteroatoms. The predicted molar refractivity (Wildman–Crippen MR) is 87.1 cm³/mol. The van der Waals surface area contributed by atoms with Crippen molar-refractivity contribution < 1.29 is 18.3 Å². The van der Waals surface area contributed by atoms with Crippen LogP contribution in [-0.4, -0.2) is 32.5 Å². The van der Waals surface area contributed by atoms with Crippen LogP contribution in [0.1, 0.15) is 19.7 Å². The molecule has 0 aliphatic rings. The van der Waals surface area contributed by atoms with Gasteiger partial charge in [-0.1, -0.05) is 0 Å². The number of carbonyl (C=O) groups is 1. The molecular formula is C16H15F2N5O2. The number of aromatic nitrogens is 4. The van der Waals surface area contributed by atoms with Gasteiger partial charge in [0, 0.05) is 43.8 Å². The van der Waals surface area contributed by atoms with E-state index in [-0.39, 0.29) is 17.6 Å². The Hall–Kier alpha value is -3.10. The normalized spacial score (nSPS) is 11.6. The summed E-state index contributed by atoms with van der Waals surface area (Å²) in [6.45, 7) is 2.09. The van der Waals surface area contributed by atoms with Crippen molar-refractivity contribution in [3.8, 4) is 11.7 Å². The number of alkyl halides is 2. The highest BCUT2D eigenvalue weighted by atomic mass is 19.3. The summed E-state index contributed by atoms with van der Waals surface area (Å²) < 4.78 is 33.9. The Morgan fingerprint density at radius 1 is 1.32 bits per heavy atom. The molecule has 0 spiro atoms. The molecule has 1 amide bonds. The van der Waals surface area contributed by atoms with Crippen molar-refractivity contribution in [2.24, 2.45) is 0 Å². The molecule has 1 N–H and O–H groups in total. The first kappa shape index (κ1) is 16.7. The van der Waals surface area contributed by atoms with Crippen molar-refractivity contribution in [3.63, 3.8) is 0 Å². The third-order valence-electron chi connectivity index (χ3n) is 3.42. The molecule has 0 radical (unpaired) electrons. The van der Waals surface area contributed by atoms with Crippen molar-refractivity contribution in [2.75, 3.05) is 12.4 Å². The number of methoxy groups -OCH3 is 1. The number of fused-ring (bicyclic) bond motifs is 1. The molecule has 0 saturated carbocycles. The fraction of sp³-hybridized carbons (Fsp3) is 0.250. The van der Waals surface area contributed by atoms with E-state index in [1.807, 2.05) is 0 Å². The largest absolute Gasteiger partial charge is 0.481 e. The Morgan fingerprint density at radius 2 is 2.08 bits per heavy atom. The van der Waals surface area contributed by atoms with Gasteiger partial charge in [0.15, 0.2) is 0 Å². The van der Waals surface area contributed by atoms with Crippen LogP contribution in [0.2, 0.25) is 0 Å². The Kier molecular flexibility index (Phi) is 4.07. The average Bonchev–Trinajstić information content (AvgIpc) is 2.96. The number of halogens is 2. The second kappa shape index (κ2) is 6.08. The van der Waals surface area contributed by atoms with Gasteiger partial charge < -0.3 is 14.6 Å². The molecule has 0 atom stereocenters. The number of hydrogen-bond acceptors (Lipinski definition) is 5. The molecule has 3 aromatic heterocycles. The number of amides is 1. The zero-order valence-corrected chi connectivity index (χ0v) is 13.7. The summed E-state index contributed by atoms with van der Waals surface area (Å²) in [5.41, 5.74) is 0.643. The van der Waals surface area contributed by atoms with E-state index in [9.17, 15) is 13.6 Å². The molecule has 0 aliphatic heterocycles. The Morgan fingerprint density at radius 3 is 2.72 bits per heavy atom. The molecule has 3 rings (SSSR count). The number of pyridine rings is 1. The van der Waals surface area contributed by atoms with Crippen LogP contribution in [0.25, 0.3) is 16.7 Å². The van der Waals surface area contributed by atoms with Crippen molar-refractivity contribution in [1.82, 2.24) is 19.5 Å². The topological polar surface area (TPSA) is 81.9 Å². The summed E-state index contributed by atoms with van der Waals surface area (Å²) in [6, 6.07) is 4.85. The summed E-state index contributed by atoms with van der Waals surface area (Å²) in [4.78, 5) is 23.0. The standard InChI is InChI=1S/C16H15F2N5O2/c1-9(24)20-12-6-11-10(8-19-12)4-5-23(11)13-7-14(25-3)22-15(21-13)16(2,17)18/h4-8H,1-3H3,(H,19,20,24). The number of ether oxygens (including phenoxy) is 1. The summed E-state index contributed by atoms with van der Waals surface area (Å²) >= 11 is 0. The van der Waals surface area contributed by atoms with Gasteiger partial charge >= 0.3 is 5.92 Å². The summed E-state index contributed by atoms with van der Waals surface area (Å²) in [5.74, 6) is -3.52. The number of anilines is 1. The van der Waals surface area contributed by atoms with Gasteiger partial charge in [0.2, 0.25) is 17.6 Å². The molecule has 0 unspecified atom stereocenters.